The van der Waals surface area contributed by atoms with Gasteiger partial charge >= 0.3 is 5.97 Å². The molecule has 1 aliphatic rings. The van der Waals surface area contributed by atoms with Gasteiger partial charge in [-0.05, 0) is 0 Å². The second kappa shape index (κ2) is 7.63. The average molecular weight is 220 g/mol. The van der Waals surface area contributed by atoms with Crippen molar-refractivity contribution in [2.75, 3.05) is 39.5 Å². The molecule has 1 N–H and O–H groups in total. The number of esters is 1. The molecule has 0 radical (unpaired) electrons. The molecule has 0 atom stereocenters. The van der Waals surface area contributed by atoms with Crippen molar-refractivity contribution < 1.29 is 31.6 Å². The van der Waals surface area contributed by atoms with Crippen LogP contribution in [0, 0.1) is 12.3 Å². The Kier molecular flexibility index (Phi) is 7.21. The first kappa shape index (κ1) is 13.2. The van der Waals surface area contributed by atoms with E-state index in [9.17, 15) is 4.79 Å². The van der Waals surface area contributed by atoms with Crippen LogP contribution in [-0.4, -0.2) is 45.4 Å². The Labute approximate surface area is 90.0 Å². The van der Waals surface area contributed by atoms with Crippen LogP contribution in [0.3, 0.4) is 0 Å². The van der Waals surface area contributed by atoms with Crippen molar-refractivity contribution >= 4 is 5.97 Å². The fourth-order valence-corrected chi connectivity index (χ4v) is 1.21. The summed E-state index contributed by atoms with van der Waals surface area (Å²) in [5, 5.41) is 0. The molecule has 80 valence electrons. The molecule has 0 amide bonds. The maximum absolute atomic E-state index is 11.1. The van der Waals surface area contributed by atoms with Crippen LogP contribution in [0.4, 0.5) is 0 Å². The van der Waals surface area contributed by atoms with Crippen LogP contribution in [0.2, 0.25) is 0 Å². The molecule has 0 aliphatic carbocycles. The second-order valence-corrected chi connectivity index (χ2v) is 2.90. The molecule has 0 aromatic rings. The van der Waals surface area contributed by atoms with Gasteiger partial charge in [0.1, 0.15) is 13.1 Å². The summed E-state index contributed by atoms with van der Waals surface area (Å²) in [7, 11) is 0. The number of morpholine rings is 1. The highest BCUT2D eigenvalue weighted by Gasteiger charge is 2.17. The van der Waals surface area contributed by atoms with Crippen LogP contribution >= 0.6 is 0 Å². The fraction of sp³-hybridized carbons (Fsp3) is 0.667. The average Bonchev–Trinajstić information content (AvgIpc) is 2.16. The summed E-state index contributed by atoms with van der Waals surface area (Å²) >= 11 is 0. The summed E-state index contributed by atoms with van der Waals surface area (Å²) in [5.74, 6) is 2.03. The quantitative estimate of drug-likeness (QED) is 0.382. The van der Waals surface area contributed by atoms with E-state index in [-0.39, 0.29) is 25.0 Å². The largest absolute Gasteiger partial charge is 1.00 e. The summed E-state index contributed by atoms with van der Waals surface area (Å²) in [6.45, 7) is 3.64. The van der Waals surface area contributed by atoms with E-state index in [1.54, 1.807) is 0 Å². The van der Waals surface area contributed by atoms with Gasteiger partial charge in [0.15, 0.2) is 13.2 Å². The summed E-state index contributed by atoms with van der Waals surface area (Å²) in [4.78, 5) is 12.3. The van der Waals surface area contributed by atoms with E-state index < -0.39 is 0 Å². The van der Waals surface area contributed by atoms with Crippen molar-refractivity contribution in [3.05, 3.63) is 0 Å². The molecule has 4 nitrogen and oxygen atoms in total. The minimum atomic E-state index is -0.227. The number of nitrogens with one attached hydrogen (secondary N) is 1. The molecular weight excluding hydrogens is 206 g/mol. The Morgan fingerprint density at radius 1 is 1.50 bits per heavy atom. The molecule has 0 aromatic carbocycles. The van der Waals surface area contributed by atoms with Crippen molar-refractivity contribution in [2.45, 2.75) is 0 Å². The monoisotopic (exact) mass is 219 g/mol. The van der Waals surface area contributed by atoms with Crippen molar-refractivity contribution in [3.8, 4) is 12.3 Å². The van der Waals surface area contributed by atoms with Crippen LogP contribution < -0.4 is 17.3 Å². The third-order valence-corrected chi connectivity index (χ3v) is 1.91. The van der Waals surface area contributed by atoms with Crippen molar-refractivity contribution in [3.63, 3.8) is 0 Å². The molecule has 14 heavy (non-hydrogen) atoms. The molecule has 0 unspecified atom stereocenters. The van der Waals surface area contributed by atoms with Crippen molar-refractivity contribution in [1.29, 1.82) is 0 Å². The molecule has 5 heteroatoms. The highest BCUT2D eigenvalue weighted by Crippen LogP contribution is 1.77. The van der Waals surface area contributed by atoms with Crippen molar-refractivity contribution in [1.82, 2.24) is 0 Å². The number of halogens is 1. The van der Waals surface area contributed by atoms with E-state index >= 15 is 0 Å². The summed E-state index contributed by atoms with van der Waals surface area (Å²) in [6.07, 6.45) is 4.96. The first-order valence-corrected chi connectivity index (χ1v) is 4.33. The first-order chi connectivity index (χ1) is 6.33. The van der Waals surface area contributed by atoms with Gasteiger partial charge in [0.05, 0.1) is 13.2 Å². The lowest BCUT2D eigenvalue weighted by Gasteiger charge is -2.22. The normalized spacial score (nSPS) is 16.5. The lowest BCUT2D eigenvalue weighted by Crippen LogP contribution is -3.15. The van der Waals surface area contributed by atoms with Crippen molar-refractivity contribution in [2.24, 2.45) is 0 Å². The van der Waals surface area contributed by atoms with Gasteiger partial charge in [-0.2, -0.15) is 0 Å². The zero-order valence-corrected chi connectivity index (χ0v) is 8.68. The number of rotatable bonds is 3. The maximum atomic E-state index is 11.1. The van der Waals surface area contributed by atoms with Crippen LogP contribution in [-0.2, 0) is 14.3 Å². The summed E-state index contributed by atoms with van der Waals surface area (Å²) in [5.41, 5.74) is 0. The third kappa shape index (κ3) is 5.07. The SMILES string of the molecule is C#CCOC(=O)C[NH+]1CCOCC1.[Cl-]. The maximum Gasteiger partial charge on any atom is 0.362 e. The molecule has 1 aliphatic heterocycles. The zero-order valence-electron chi connectivity index (χ0n) is 7.92. The number of ether oxygens (including phenoxy) is 2. The standard InChI is InChI=1S/C9H13NO3.ClH/c1-2-5-13-9(11)8-10-3-6-12-7-4-10;/h1H,3-8H2;1H. The predicted molar refractivity (Wildman–Crippen MR) is 46.2 cm³/mol. The number of carbonyl (C=O) groups excluding carboxylic acids is 1. The van der Waals surface area contributed by atoms with Gasteiger partial charge in [0, 0.05) is 0 Å². The molecule has 1 rings (SSSR count). The first-order valence-electron chi connectivity index (χ1n) is 4.33. The smallest absolute Gasteiger partial charge is 0.362 e. The van der Waals surface area contributed by atoms with Gasteiger partial charge in [-0.15, -0.1) is 6.42 Å². The van der Waals surface area contributed by atoms with E-state index in [0.29, 0.717) is 6.54 Å². The van der Waals surface area contributed by atoms with E-state index in [2.05, 4.69) is 5.92 Å². The lowest BCUT2D eigenvalue weighted by atomic mass is 10.4. The zero-order chi connectivity index (χ0) is 9.52. The molecule has 0 spiro atoms. The number of carbonyl (C=O) groups is 1. The molecule has 1 heterocycles. The number of hydrogen-bond donors (Lipinski definition) is 1. The van der Waals surface area contributed by atoms with Crippen LogP contribution in [0.5, 0.6) is 0 Å². The lowest BCUT2D eigenvalue weighted by molar-refractivity contribution is -0.900. The van der Waals surface area contributed by atoms with Gasteiger partial charge in [-0.3, -0.25) is 0 Å². The Morgan fingerprint density at radius 2 is 2.14 bits per heavy atom. The minimum absolute atomic E-state index is 0. The Hall–Kier alpha value is -0.760. The van der Waals surface area contributed by atoms with Gasteiger partial charge in [-0.25, -0.2) is 4.79 Å². The highest BCUT2D eigenvalue weighted by molar-refractivity contribution is 5.70. The van der Waals surface area contributed by atoms with E-state index in [4.69, 9.17) is 15.9 Å². The fourth-order valence-electron chi connectivity index (χ4n) is 1.21. The Balaban J connectivity index is 0.00000169. The molecule has 1 saturated heterocycles. The number of terminal acetylenes is 1. The topological polar surface area (TPSA) is 40.0 Å². The summed E-state index contributed by atoms with van der Waals surface area (Å²) < 4.78 is 9.91. The Bertz CT molecular complexity index is 209. The van der Waals surface area contributed by atoms with E-state index in [0.717, 1.165) is 26.3 Å². The van der Waals surface area contributed by atoms with E-state index in [1.165, 1.54) is 4.90 Å². The molecule has 0 bridgehead atoms. The summed E-state index contributed by atoms with van der Waals surface area (Å²) in [6, 6.07) is 0. The van der Waals surface area contributed by atoms with Gasteiger partial charge in [-0.1, -0.05) is 5.92 Å². The molecular formula is C9H14ClNO3. The van der Waals surface area contributed by atoms with Gasteiger partial charge in [0.25, 0.3) is 0 Å². The van der Waals surface area contributed by atoms with Crippen LogP contribution in [0.25, 0.3) is 0 Å². The van der Waals surface area contributed by atoms with Crippen LogP contribution in [0.1, 0.15) is 0 Å². The highest BCUT2D eigenvalue weighted by atomic mass is 35.5. The van der Waals surface area contributed by atoms with Gasteiger partial charge in [0.2, 0.25) is 0 Å². The number of quaternary nitrogens is 1. The molecule has 0 aromatic heterocycles. The molecule has 0 saturated carbocycles. The third-order valence-electron chi connectivity index (χ3n) is 1.91. The predicted octanol–water partition coefficient (Wildman–Crippen LogP) is -4.92. The van der Waals surface area contributed by atoms with Gasteiger partial charge < -0.3 is 26.8 Å². The second-order valence-electron chi connectivity index (χ2n) is 2.90. The number of hydrogen-bond acceptors (Lipinski definition) is 3. The Morgan fingerprint density at radius 3 is 2.71 bits per heavy atom. The minimum Gasteiger partial charge on any atom is -1.00 e. The van der Waals surface area contributed by atoms with E-state index in [1.807, 2.05) is 0 Å². The van der Waals surface area contributed by atoms with Crippen LogP contribution in [0.15, 0.2) is 0 Å². The molecule has 1 fully saturated rings.